The molecule has 0 amide bonds. The molecular weight excluding hydrogens is 178 g/mol. The van der Waals surface area contributed by atoms with Gasteiger partial charge in [-0.25, -0.2) is 4.98 Å². The Morgan fingerprint density at radius 1 is 1.50 bits per heavy atom. The molecule has 1 aliphatic rings. The van der Waals surface area contributed by atoms with E-state index in [0.717, 1.165) is 32.6 Å². The van der Waals surface area contributed by atoms with E-state index < -0.39 is 5.60 Å². The number of imidazole rings is 1. The van der Waals surface area contributed by atoms with Crippen LogP contribution in [0.3, 0.4) is 0 Å². The predicted octanol–water partition coefficient (Wildman–Crippen LogP) is 0.340. The van der Waals surface area contributed by atoms with Gasteiger partial charge in [-0.15, -0.1) is 0 Å². The summed E-state index contributed by atoms with van der Waals surface area (Å²) < 4.78 is 2.06. The molecule has 1 unspecified atom stereocenters. The number of aliphatic hydroxyl groups is 1. The Kier molecular flexibility index (Phi) is 2.56. The Labute approximate surface area is 84.2 Å². The number of rotatable bonds is 3. The Balaban J connectivity index is 1.78. The molecule has 1 saturated heterocycles. The van der Waals surface area contributed by atoms with Crippen molar-refractivity contribution in [1.82, 2.24) is 14.5 Å². The summed E-state index contributed by atoms with van der Waals surface area (Å²) in [7, 11) is 0. The minimum Gasteiger partial charge on any atom is -0.389 e. The number of nitrogens with zero attached hydrogens (tertiary/aromatic N) is 3. The van der Waals surface area contributed by atoms with Gasteiger partial charge in [0.15, 0.2) is 0 Å². The number of β-amino-alcohol motifs (C(OH)–C–C–N with tert-alkyl or cyclic N) is 1. The normalized spacial score (nSPS) is 28.4. The molecular formula is C10H17N3O. The van der Waals surface area contributed by atoms with E-state index in [0.29, 0.717) is 0 Å². The molecule has 0 spiro atoms. The highest BCUT2D eigenvalue weighted by Crippen LogP contribution is 2.19. The SMILES string of the molecule is CC1(O)CCN(CCn2ccnc2)C1. The van der Waals surface area contributed by atoms with Gasteiger partial charge in [0.25, 0.3) is 0 Å². The van der Waals surface area contributed by atoms with Crippen molar-refractivity contribution < 1.29 is 5.11 Å². The molecule has 78 valence electrons. The Morgan fingerprint density at radius 2 is 2.36 bits per heavy atom. The standard InChI is InChI=1S/C10H17N3O/c1-10(14)2-4-12(8-10)6-7-13-5-3-11-9-13/h3,5,9,14H,2,4,6-8H2,1H3. The largest absolute Gasteiger partial charge is 0.389 e. The maximum Gasteiger partial charge on any atom is 0.0946 e. The highest BCUT2D eigenvalue weighted by molar-refractivity contribution is 4.86. The van der Waals surface area contributed by atoms with Crippen molar-refractivity contribution in [3.63, 3.8) is 0 Å². The fourth-order valence-electron chi connectivity index (χ4n) is 1.91. The molecule has 0 saturated carbocycles. The summed E-state index contributed by atoms with van der Waals surface area (Å²) in [6.45, 7) is 5.65. The monoisotopic (exact) mass is 195 g/mol. The van der Waals surface area contributed by atoms with Crippen LogP contribution in [0.15, 0.2) is 18.7 Å². The van der Waals surface area contributed by atoms with Gasteiger partial charge in [0, 0.05) is 38.6 Å². The van der Waals surface area contributed by atoms with Crippen LogP contribution in [0.2, 0.25) is 0 Å². The number of hydrogen-bond acceptors (Lipinski definition) is 3. The maximum atomic E-state index is 9.76. The van der Waals surface area contributed by atoms with Crippen molar-refractivity contribution >= 4 is 0 Å². The van der Waals surface area contributed by atoms with Crippen LogP contribution in [0.1, 0.15) is 13.3 Å². The second-order valence-electron chi connectivity index (χ2n) is 4.32. The number of hydrogen-bond donors (Lipinski definition) is 1. The molecule has 0 radical (unpaired) electrons. The Bertz CT molecular complexity index is 282. The minimum absolute atomic E-state index is 0.477. The summed E-state index contributed by atoms with van der Waals surface area (Å²) in [5, 5.41) is 9.76. The zero-order chi connectivity index (χ0) is 10.0. The predicted molar refractivity (Wildman–Crippen MR) is 53.9 cm³/mol. The average molecular weight is 195 g/mol. The van der Waals surface area contributed by atoms with Crippen molar-refractivity contribution in [2.45, 2.75) is 25.5 Å². The first kappa shape index (κ1) is 9.68. The summed E-state index contributed by atoms with van der Waals surface area (Å²) in [5.41, 5.74) is -0.477. The van der Waals surface area contributed by atoms with Gasteiger partial charge in [-0.1, -0.05) is 0 Å². The number of aromatic nitrogens is 2. The lowest BCUT2D eigenvalue weighted by molar-refractivity contribution is 0.0684. The molecule has 1 aromatic heterocycles. The lowest BCUT2D eigenvalue weighted by Gasteiger charge is -2.18. The van der Waals surface area contributed by atoms with E-state index in [1.54, 1.807) is 6.20 Å². The van der Waals surface area contributed by atoms with Crippen LogP contribution in [0.5, 0.6) is 0 Å². The van der Waals surface area contributed by atoms with Crippen molar-refractivity contribution in [1.29, 1.82) is 0 Å². The fraction of sp³-hybridized carbons (Fsp3) is 0.700. The quantitative estimate of drug-likeness (QED) is 0.756. The first-order chi connectivity index (χ1) is 6.66. The molecule has 1 aromatic rings. The van der Waals surface area contributed by atoms with Crippen LogP contribution >= 0.6 is 0 Å². The molecule has 4 nitrogen and oxygen atoms in total. The molecule has 1 atom stereocenters. The first-order valence-corrected chi connectivity index (χ1v) is 5.06. The molecule has 2 rings (SSSR count). The van der Waals surface area contributed by atoms with E-state index in [-0.39, 0.29) is 0 Å². The van der Waals surface area contributed by atoms with Crippen LogP contribution in [0.25, 0.3) is 0 Å². The molecule has 4 heteroatoms. The third-order valence-corrected chi connectivity index (χ3v) is 2.76. The summed E-state index contributed by atoms with van der Waals surface area (Å²) >= 11 is 0. The van der Waals surface area contributed by atoms with Crippen LogP contribution in [-0.2, 0) is 6.54 Å². The third kappa shape index (κ3) is 2.33. The molecule has 1 aliphatic heterocycles. The van der Waals surface area contributed by atoms with Crippen LogP contribution < -0.4 is 0 Å². The molecule has 0 aromatic carbocycles. The Morgan fingerprint density at radius 3 is 2.93 bits per heavy atom. The third-order valence-electron chi connectivity index (χ3n) is 2.76. The molecule has 1 N–H and O–H groups in total. The van der Waals surface area contributed by atoms with Gasteiger partial charge in [0.05, 0.1) is 11.9 Å². The van der Waals surface area contributed by atoms with Gasteiger partial charge in [0.1, 0.15) is 0 Å². The second kappa shape index (κ2) is 3.71. The minimum atomic E-state index is -0.477. The highest BCUT2D eigenvalue weighted by Gasteiger charge is 2.30. The van der Waals surface area contributed by atoms with Crippen LogP contribution in [0, 0.1) is 0 Å². The first-order valence-electron chi connectivity index (χ1n) is 5.06. The van der Waals surface area contributed by atoms with Crippen molar-refractivity contribution in [3.05, 3.63) is 18.7 Å². The van der Waals surface area contributed by atoms with Gasteiger partial charge >= 0.3 is 0 Å². The smallest absolute Gasteiger partial charge is 0.0946 e. The molecule has 0 bridgehead atoms. The van der Waals surface area contributed by atoms with Crippen LogP contribution in [-0.4, -0.2) is 44.8 Å². The Hall–Kier alpha value is -0.870. The fourth-order valence-corrected chi connectivity index (χ4v) is 1.91. The summed E-state index contributed by atoms with van der Waals surface area (Å²) in [4.78, 5) is 6.28. The van der Waals surface area contributed by atoms with E-state index in [2.05, 4.69) is 14.5 Å². The number of likely N-dealkylation sites (tertiary alicyclic amines) is 1. The van der Waals surface area contributed by atoms with Crippen molar-refractivity contribution in [3.8, 4) is 0 Å². The molecule has 2 heterocycles. The van der Waals surface area contributed by atoms with Gasteiger partial charge < -0.3 is 9.67 Å². The summed E-state index contributed by atoms with van der Waals surface area (Å²) in [6.07, 6.45) is 6.47. The van der Waals surface area contributed by atoms with Crippen molar-refractivity contribution in [2.75, 3.05) is 19.6 Å². The van der Waals surface area contributed by atoms with E-state index in [1.807, 2.05) is 19.4 Å². The van der Waals surface area contributed by atoms with Crippen LogP contribution in [0.4, 0.5) is 0 Å². The van der Waals surface area contributed by atoms with Gasteiger partial charge in [0.2, 0.25) is 0 Å². The summed E-state index contributed by atoms with van der Waals surface area (Å²) in [6, 6.07) is 0. The zero-order valence-electron chi connectivity index (χ0n) is 8.56. The molecule has 14 heavy (non-hydrogen) atoms. The maximum absolute atomic E-state index is 9.76. The van der Waals surface area contributed by atoms with E-state index in [1.165, 1.54) is 0 Å². The van der Waals surface area contributed by atoms with E-state index >= 15 is 0 Å². The molecule has 0 aliphatic carbocycles. The van der Waals surface area contributed by atoms with Gasteiger partial charge in [-0.05, 0) is 13.3 Å². The van der Waals surface area contributed by atoms with E-state index in [4.69, 9.17) is 0 Å². The average Bonchev–Trinajstić information content (AvgIpc) is 2.70. The van der Waals surface area contributed by atoms with E-state index in [9.17, 15) is 5.11 Å². The highest BCUT2D eigenvalue weighted by atomic mass is 16.3. The molecule has 1 fully saturated rings. The van der Waals surface area contributed by atoms with Crippen molar-refractivity contribution in [2.24, 2.45) is 0 Å². The summed E-state index contributed by atoms with van der Waals surface area (Å²) in [5.74, 6) is 0. The lowest BCUT2D eigenvalue weighted by atomic mass is 10.1. The topological polar surface area (TPSA) is 41.3 Å². The second-order valence-corrected chi connectivity index (χ2v) is 4.32. The zero-order valence-corrected chi connectivity index (χ0v) is 8.56. The lowest BCUT2D eigenvalue weighted by Crippen LogP contribution is -2.31. The van der Waals surface area contributed by atoms with Gasteiger partial charge in [-0.2, -0.15) is 0 Å². The van der Waals surface area contributed by atoms with Gasteiger partial charge in [-0.3, -0.25) is 4.90 Å².